The van der Waals surface area contributed by atoms with Gasteiger partial charge in [-0.15, -0.1) is 0 Å². The third kappa shape index (κ3) is 68.7. The number of primary amides is 1. The van der Waals surface area contributed by atoms with Crippen LogP contribution in [0.5, 0.6) is 0 Å². The summed E-state index contributed by atoms with van der Waals surface area (Å²) in [4.78, 5) is 48.2. The summed E-state index contributed by atoms with van der Waals surface area (Å²) in [5, 5.41) is 33.7. The van der Waals surface area contributed by atoms with Gasteiger partial charge in [-0.05, 0) is 13.0 Å². The summed E-state index contributed by atoms with van der Waals surface area (Å²) < 4.78 is 0. The Morgan fingerprint density at radius 3 is 1.42 bits per heavy atom. The van der Waals surface area contributed by atoms with Gasteiger partial charge in [0.25, 0.3) is 17.9 Å². The zero-order valence-electron chi connectivity index (χ0n) is 15.5. The van der Waals surface area contributed by atoms with Crippen LogP contribution in [0.3, 0.4) is 0 Å². The van der Waals surface area contributed by atoms with Gasteiger partial charge in [-0.25, -0.2) is 0 Å². The monoisotopic (exact) mass is 382 g/mol. The van der Waals surface area contributed by atoms with E-state index in [9.17, 15) is 9.59 Å². The molecule has 0 rings (SSSR count). The molecular weight excluding hydrogens is 352 g/mol. The van der Waals surface area contributed by atoms with Crippen molar-refractivity contribution in [2.24, 2.45) is 5.73 Å². The van der Waals surface area contributed by atoms with E-state index in [0.29, 0.717) is 6.54 Å². The number of carbonyl (C=O) groups excluding carboxylic acids is 1. The lowest BCUT2D eigenvalue weighted by molar-refractivity contribution is -0.141. The lowest BCUT2D eigenvalue weighted by atomic mass is 10.2. The topological polar surface area (TPSA) is 204 Å². The molecule has 0 aromatic heterocycles. The van der Waals surface area contributed by atoms with Gasteiger partial charge in [-0.3, -0.25) is 24.0 Å². The number of rotatable bonds is 8. The number of carboxylic acid groups (broad SMARTS) is 4. The van der Waals surface area contributed by atoms with Crippen LogP contribution in [0, 0.1) is 0 Å². The zero-order valence-corrected chi connectivity index (χ0v) is 15.5. The summed E-state index contributed by atoms with van der Waals surface area (Å²) in [6.07, 6.45) is 2.89. The van der Waals surface area contributed by atoms with Gasteiger partial charge in [0.15, 0.2) is 0 Å². The average Bonchev–Trinajstić information content (AvgIpc) is 2.39. The van der Waals surface area contributed by atoms with E-state index in [4.69, 9.17) is 40.5 Å². The Hall–Kier alpha value is -2.69. The summed E-state index contributed by atoms with van der Waals surface area (Å²) >= 11 is 0. The molecule has 0 bridgehead atoms. The molecule has 0 fully saturated rings. The number of nitrogens with one attached hydrogen (secondary N) is 1. The summed E-state index contributed by atoms with van der Waals surface area (Å²) in [5.41, 5.74) is 4.92. The molecule has 11 heteroatoms. The fourth-order valence-electron chi connectivity index (χ4n) is 1.10. The highest BCUT2D eigenvalue weighted by Gasteiger charge is 2.18. The molecule has 0 aromatic carbocycles. The molecule has 0 spiro atoms. The largest absolute Gasteiger partial charge is 0.481 e. The van der Waals surface area contributed by atoms with E-state index in [0.717, 1.165) is 40.0 Å². The lowest BCUT2D eigenvalue weighted by Crippen LogP contribution is -2.40. The molecule has 0 aromatic rings. The number of carboxylic acids is 4. The van der Waals surface area contributed by atoms with Crippen molar-refractivity contribution in [1.29, 1.82) is 0 Å². The molecule has 11 nitrogen and oxygen atoms in total. The Balaban J connectivity index is -0.000000164. The summed E-state index contributed by atoms with van der Waals surface area (Å²) in [6, 6.07) is -0.843. The van der Waals surface area contributed by atoms with E-state index in [1.54, 1.807) is 0 Å². The third-order valence-corrected chi connectivity index (χ3v) is 1.87. The number of unbranched alkanes of at least 4 members (excludes halogenated alkanes) is 2. The first-order valence-electron chi connectivity index (χ1n) is 7.60. The molecule has 0 heterocycles. The fraction of sp³-hybridized carbons (Fsp3) is 0.667. The molecule has 0 aliphatic rings. The molecule has 0 saturated carbocycles. The number of amides is 1. The van der Waals surface area contributed by atoms with E-state index >= 15 is 0 Å². The molecule has 1 unspecified atom stereocenters. The smallest absolute Gasteiger partial charge is 0.321 e. The van der Waals surface area contributed by atoms with Crippen molar-refractivity contribution < 1.29 is 44.4 Å². The second kappa shape index (κ2) is 22.3. The number of hydrogen-bond donors (Lipinski definition) is 6. The van der Waals surface area contributed by atoms with Crippen molar-refractivity contribution in [2.75, 3.05) is 6.54 Å². The van der Waals surface area contributed by atoms with Gasteiger partial charge in [0.1, 0.15) is 6.04 Å². The van der Waals surface area contributed by atoms with Crippen LogP contribution < -0.4 is 11.1 Å². The Kier molecular flexibility index (Phi) is 26.7. The van der Waals surface area contributed by atoms with E-state index in [-0.39, 0.29) is 6.42 Å². The minimum atomic E-state index is -1.03. The number of nitrogens with two attached hydrogens (primary N) is 1. The van der Waals surface area contributed by atoms with Crippen molar-refractivity contribution in [3.63, 3.8) is 0 Å². The minimum absolute atomic E-state index is 0.151. The molecular formula is C15H30N2O9. The second-order valence-corrected chi connectivity index (χ2v) is 4.78. The summed E-state index contributed by atoms with van der Waals surface area (Å²) in [7, 11) is 0. The van der Waals surface area contributed by atoms with Gasteiger partial charge in [-0.1, -0.05) is 19.8 Å². The Morgan fingerprint density at radius 1 is 0.846 bits per heavy atom. The predicted molar refractivity (Wildman–Crippen MR) is 92.7 cm³/mol. The highest BCUT2D eigenvalue weighted by Crippen LogP contribution is 1.95. The van der Waals surface area contributed by atoms with Gasteiger partial charge in [0.2, 0.25) is 5.91 Å². The highest BCUT2D eigenvalue weighted by atomic mass is 16.4. The number of aliphatic carboxylic acids is 4. The van der Waals surface area contributed by atoms with Crippen molar-refractivity contribution in [3.8, 4) is 0 Å². The first-order valence-corrected chi connectivity index (χ1v) is 7.60. The maximum Gasteiger partial charge on any atom is 0.321 e. The van der Waals surface area contributed by atoms with Crippen LogP contribution in [0.4, 0.5) is 0 Å². The molecule has 1 amide bonds. The number of hydrogen-bond acceptors (Lipinski definition) is 6. The molecule has 0 aliphatic heterocycles. The summed E-state index contributed by atoms with van der Waals surface area (Å²) in [5.74, 6) is -4.12. The van der Waals surface area contributed by atoms with E-state index in [1.165, 1.54) is 0 Å². The molecule has 0 radical (unpaired) electrons. The van der Waals surface area contributed by atoms with Crippen LogP contribution >= 0.6 is 0 Å². The van der Waals surface area contributed by atoms with E-state index < -0.39 is 35.8 Å². The van der Waals surface area contributed by atoms with E-state index in [2.05, 4.69) is 12.2 Å². The second-order valence-electron chi connectivity index (χ2n) is 4.78. The minimum Gasteiger partial charge on any atom is -0.481 e. The quantitative estimate of drug-likeness (QED) is 0.318. The first-order chi connectivity index (χ1) is 11.8. The van der Waals surface area contributed by atoms with Crippen molar-refractivity contribution in [1.82, 2.24) is 5.32 Å². The molecule has 0 aliphatic carbocycles. The third-order valence-electron chi connectivity index (χ3n) is 1.87. The Bertz CT molecular complexity index is 385. The van der Waals surface area contributed by atoms with Crippen LogP contribution in [0.15, 0.2) is 0 Å². The highest BCUT2D eigenvalue weighted by molar-refractivity contribution is 5.83. The zero-order chi connectivity index (χ0) is 21.7. The van der Waals surface area contributed by atoms with Crippen LogP contribution in [0.2, 0.25) is 0 Å². The van der Waals surface area contributed by atoms with Gasteiger partial charge < -0.3 is 31.5 Å². The van der Waals surface area contributed by atoms with Crippen LogP contribution in [0.1, 0.15) is 53.4 Å². The fourth-order valence-corrected chi connectivity index (χ4v) is 1.10. The number of carbonyl (C=O) groups is 5. The van der Waals surface area contributed by atoms with Crippen molar-refractivity contribution in [3.05, 3.63) is 0 Å². The SMILES string of the molecule is CC(=O)O.CC(=O)O.CC(=O)O.CCCCCNC(CC(N)=O)C(=O)O. The molecule has 1 atom stereocenters. The first kappa shape index (κ1) is 31.1. The standard InChI is InChI=1S/C9H18N2O3.3C2H4O2/c1-2-3-4-5-11-7(9(13)14)6-8(10)12;3*1-2(3)4/h7,11H,2-6H2,1H3,(H2,10,12)(H,13,14);3*1H3,(H,3,4). The maximum atomic E-state index is 10.6. The average molecular weight is 382 g/mol. The van der Waals surface area contributed by atoms with E-state index in [1.807, 2.05) is 0 Å². The van der Waals surface area contributed by atoms with Gasteiger partial charge >= 0.3 is 5.97 Å². The lowest BCUT2D eigenvalue weighted by Gasteiger charge is -2.11. The normalized spacial score (nSPS) is 9.54. The van der Waals surface area contributed by atoms with Crippen molar-refractivity contribution >= 4 is 29.8 Å². The molecule has 26 heavy (non-hydrogen) atoms. The summed E-state index contributed by atoms with van der Waals surface area (Å²) in [6.45, 7) is 5.93. The Morgan fingerprint density at radius 2 is 1.19 bits per heavy atom. The molecule has 0 saturated heterocycles. The van der Waals surface area contributed by atoms with Crippen molar-refractivity contribution in [2.45, 2.75) is 59.4 Å². The van der Waals surface area contributed by atoms with Crippen LogP contribution in [-0.4, -0.2) is 62.8 Å². The maximum absolute atomic E-state index is 10.6. The molecule has 154 valence electrons. The van der Waals surface area contributed by atoms with Gasteiger partial charge in [0, 0.05) is 20.8 Å². The molecule has 7 N–H and O–H groups in total. The van der Waals surface area contributed by atoms with Gasteiger partial charge in [-0.2, -0.15) is 0 Å². The van der Waals surface area contributed by atoms with Crippen LogP contribution in [-0.2, 0) is 24.0 Å². The Labute approximate surface area is 152 Å². The van der Waals surface area contributed by atoms with Crippen LogP contribution in [0.25, 0.3) is 0 Å². The predicted octanol–water partition coefficient (Wildman–Crippen LogP) is 0.368. The van der Waals surface area contributed by atoms with Gasteiger partial charge in [0.05, 0.1) is 6.42 Å².